The number of hydrogen-bond acceptors (Lipinski definition) is 9. The smallest absolute Gasteiger partial charge is 0.244 e. The number of rotatable bonds is 10. The lowest BCUT2D eigenvalue weighted by Crippen LogP contribution is -2.27. The molecule has 1 N–H and O–H groups in total. The van der Waals surface area contributed by atoms with Gasteiger partial charge in [0.05, 0.1) is 19.8 Å². The third-order valence-corrected chi connectivity index (χ3v) is 5.12. The fourth-order valence-corrected chi connectivity index (χ4v) is 3.48. The molecule has 29 heavy (non-hydrogen) atoms. The van der Waals surface area contributed by atoms with Gasteiger partial charge < -0.3 is 19.3 Å². The van der Waals surface area contributed by atoms with Gasteiger partial charge in [-0.3, -0.25) is 0 Å². The Labute approximate surface area is 171 Å². The third-order valence-electron chi connectivity index (χ3n) is 3.69. The number of nitrogens with zero attached hydrogens (tertiary/aromatic N) is 5. The first-order valence-electron chi connectivity index (χ1n) is 9.16. The summed E-state index contributed by atoms with van der Waals surface area (Å²) >= 11 is 0. The van der Waals surface area contributed by atoms with Crippen LogP contribution in [-0.4, -0.2) is 64.8 Å². The molecule has 2 rings (SSSR count). The summed E-state index contributed by atoms with van der Waals surface area (Å²) < 4.78 is 39.4. The van der Waals surface area contributed by atoms with Crippen molar-refractivity contribution in [3.8, 4) is 11.5 Å². The summed E-state index contributed by atoms with van der Waals surface area (Å²) in [4.78, 5) is 16.4. The third kappa shape index (κ3) is 5.91. The molecule has 0 unspecified atom stereocenters. The van der Waals surface area contributed by atoms with Gasteiger partial charge in [-0.1, -0.05) is 0 Å². The normalized spacial score (nSPS) is 11.2. The zero-order valence-electron chi connectivity index (χ0n) is 17.6. The number of ether oxygens (including phenoxy) is 2. The Hall–Kier alpha value is -2.66. The van der Waals surface area contributed by atoms with Crippen molar-refractivity contribution in [1.82, 2.24) is 19.7 Å². The summed E-state index contributed by atoms with van der Waals surface area (Å²) in [5.41, 5.74) is 0. The van der Waals surface area contributed by atoms with Gasteiger partial charge >= 0.3 is 0 Å². The lowest BCUT2D eigenvalue weighted by atomic mass is 10.3. The molecule has 1 aromatic carbocycles. The number of aromatic nitrogens is 3. The lowest BCUT2D eigenvalue weighted by Gasteiger charge is -2.17. The van der Waals surface area contributed by atoms with E-state index >= 15 is 0 Å². The van der Waals surface area contributed by atoms with Crippen molar-refractivity contribution in [2.45, 2.75) is 25.3 Å². The predicted molar refractivity (Wildman–Crippen MR) is 111 cm³/mol. The van der Waals surface area contributed by atoms with E-state index in [2.05, 4.69) is 19.7 Å². The summed E-state index contributed by atoms with van der Waals surface area (Å²) in [5.74, 6) is 1.87. The molecule has 10 nitrogen and oxygen atoms in total. The second-order valence-electron chi connectivity index (χ2n) is 6.44. The van der Waals surface area contributed by atoms with Crippen LogP contribution in [0, 0.1) is 0 Å². The molecule has 0 amide bonds. The number of hydrogen-bond donors (Lipinski definition) is 1. The number of anilines is 2. The Morgan fingerprint density at radius 2 is 1.52 bits per heavy atom. The van der Waals surface area contributed by atoms with E-state index < -0.39 is 10.0 Å². The summed E-state index contributed by atoms with van der Waals surface area (Å²) in [5, 5.41) is 0. The number of nitrogens with one attached hydrogen (secondary N) is 1. The fraction of sp³-hybridized carbons (Fsp3) is 0.500. The van der Waals surface area contributed by atoms with Crippen LogP contribution in [-0.2, 0) is 16.6 Å². The molecule has 2 aromatic rings. The number of sulfonamides is 1. The van der Waals surface area contributed by atoms with Crippen molar-refractivity contribution in [3.05, 3.63) is 24.0 Å². The van der Waals surface area contributed by atoms with E-state index in [0.29, 0.717) is 36.7 Å². The Morgan fingerprint density at radius 3 is 2.03 bits per heavy atom. The number of benzene rings is 1. The van der Waals surface area contributed by atoms with Crippen molar-refractivity contribution in [1.29, 1.82) is 0 Å². The second-order valence-corrected chi connectivity index (χ2v) is 8.17. The highest BCUT2D eigenvalue weighted by atomic mass is 32.2. The van der Waals surface area contributed by atoms with Gasteiger partial charge in [-0.2, -0.15) is 15.0 Å². The molecular formula is C18H28N6O4S. The van der Waals surface area contributed by atoms with Crippen molar-refractivity contribution in [2.24, 2.45) is 0 Å². The van der Waals surface area contributed by atoms with Crippen LogP contribution in [0.5, 0.6) is 11.5 Å². The Kier molecular flexibility index (Phi) is 7.57. The van der Waals surface area contributed by atoms with Gasteiger partial charge in [-0.25, -0.2) is 13.1 Å². The average molecular weight is 425 g/mol. The summed E-state index contributed by atoms with van der Waals surface area (Å²) in [7, 11) is 3.31. The highest BCUT2D eigenvalue weighted by molar-refractivity contribution is 7.89. The van der Waals surface area contributed by atoms with Gasteiger partial charge in [-0.15, -0.1) is 0 Å². The van der Waals surface area contributed by atoms with E-state index in [4.69, 9.17) is 9.47 Å². The van der Waals surface area contributed by atoms with E-state index in [1.54, 1.807) is 57.0 Å². The SMILES string of the molecule is CCOc1ccc(OCC)c(S(=O)(=O)NCc2nc(N(C)C)nc(N(C)C)n2)c1. The van der Waals surface area contributed by atoms with Crippen molar-refractivity contribution in [3.63, 3.8) is 0 Å². The van der Waals surface area contributed by atoms with Crippen LogP contribution in [0.2, 0.25) is 0 Å². The van der Waals surface area contributed by atoms with Crippen LogP contribution >= 0.6 is 0 Å². The molecule has 0 bridgehead atoms. The minimum absolute atomic E-state index is 0.0000206. The monoisotopic (exact) mass is 424 g/mol. The molecule has 1 heterocycles. The molecular weight excluding hydrogens is 396 g/mol. The molecule has 0 atom stereocenters. The van der Waals surface area contributed by atoms with Crippen LogP contribution < -0.4 is 24.0 Å². The van der Waals surface area contributed by atoms with Crippen LogP contribution in [0.4, 0.5) is 11.9 Å². The molecule has 160 valence electrons. The molecule has 0 spiro atoms. The first-order chi connectivity index (χ1) is 13.7. The first kappa shape index (κ1) is 22.6. The van der Waals surface area contributed by atoms with E-state index in [9.17, 15) is 8.42 Å². The van der Waals surface area contributed by atoms with Crippen molar-refractivity contribution in [2.75, 3.05) is 51.2 Å². The van der Waals surface area contributed by atoms with E-state index in [1.807, 2.05) is 6.92 Å². The summed E-state index contributed by atoms with van der Waals surface area (Å²) in [6.07, 6.45) is 0. The average Bonchev–Trinajstić information content (AvgIpc) is 2.67. The molecule has 0 aliphatic carbocycles. The highest BCUT2D eigenvalue weighted by Gasteiger charge is 2.22. The van der Waals surface area contributed by atoms with Crippen LogP contribution in [0.3, 0.4) is 0 Å². The summed E-state index contributed by atoms with van der Waals surface area (Å²) in [6, 6.07) is 4.70. The maximum Gasteiger partial charge on any atom is 0.244 e. The quantitative estimate of drug-likeness (QED) is 0.603. The zero-order chi connectivity index (χ0) is 21.6. The van der Waals surface area contributed by atoms with Gasteiger partial charge in [0.2, 0.25) is 21.9 Å². The van der Waals surface area contributed by atoms with Crippen molar-refractivity contribution < 1.29 is 17.9 Å². The molecule has 0 saturated carbocycles. The minimum atomic E-state index is -3.90. The predicted octanol–water partition coefficient (Wildman–Crippen LogP) is 1.28. The maximum absolute atomic E-state index is 13.0. The standard InChI is InChI=1S/C18H28N6O4S/c1-7-27-13-9-10-14(28-8-2)15(11-13)29(25,26)19-12-16-20-17(23(3)4)22-18(21-16)24(5)6/h9-11,19H,7-8,12H2,1-6H3. The minimum Gasteiger partial charge on any atom is -0.494 e. The van der Waals surface area contributed by atoms with E-state index in [-0.39, 0.29) is 17.2 Å². The molecule has 11 heteroatoms. The van der Waals surface area contributed by atoms with Gasteiger partial charge in [0.15, 0.2) is 5.82 Å². The molecule has 0 saturated heterocycles. The molecule has 0 aliphatic rings. The molecule has 0 radical (unpaired) electrons. The highest BCUT2D eigenvalue weighted by Crippen LogP contribution is 2.28. The van der Waals surface area contributed by atoms with Gasteiger partial charge in [0, 0.05) is 34.3 Å². The molecule has 0 fully saturated rings. The fourth-order valence-electron chi connectivity index (χ4n) is 2.34. The second kappa shape index (κ2) is 9.70. The van der Waals surface area contributed by atoms with E-state index in [1.165, 1.54) is 6.07 Å². The van der Waals surface area contributed by atoms with Crippen molar-refractivity contribution >= 4 is 21.9 Å². The lowest BCUT2D eigenvalue weighted by molar-refractivity contribution is 0.322. The Balaban J connectivity index is 2.33. The van der Waals surface area contributed by atoms with Crippen LogP contribution in [0.25, 0.3) is 0 Å². The molecule has 0 aliphatic heterocycles. The topological polar surface area (TPSA) is 110 Å². The Morgan fingerprint density at radius 1 is 0.931 bits per heavy atom. The van der Waals surface area contributed by atoms with Crippen LogP contribution in [0.15, 0.2) is 23.1 Å². The van der Waals surface area contributed by atoms with Gasteiger partial charge in [0.25, 0.3) is 0 Å². The van der Waals surface area contributed by atoms with E-state index in [0.717, 1.165) is 0 Å². The maximum atomic E-state index is 13.0. The summed E-state index contributed by atoms with van der Waals surface area (Å²) in [6.45, 7) is 4.27. The van der Waals surface area contributed by atoms with Gasteiger partial charge in [-0.05, 0) is 26.0 Å². The zero-order valence-corrected chi connectivity index (χ0v) is 18.4. The largest absolute Gasteiger partial charge is 0.494 e. The first-order valence-corrected chi connectivity index (χ1v) is 10.6. The Bertz CT molecular complexity index is 908. The van der Waals surface area contributed by atoms with Crippen LogP contribution in [0.1, 0.15) is 19.7 Å². The molecule has 1 aromatic heterocycles. The van der Waals surface area contributed by atoms with Gasteiger partial charge in [0.1, 0.15) is 16.4 Å².